The van der Waals surface area contributed by atoms with E-state index in [0.717, 1.165) is 17.8 Å². The number of halogens is 3. The Balaban J connectivity index is 1.55. The second kappa shape index (κ2) is 7.20. The maximum atomic E-state index is 13.3. The Morgan fingerprint density at radius 1 is 0.806 bits per heavy atom. The fourth-order valence-electron chi connectivity index (χ4n) is 3.04. The molecular weight excluding hydrogens is 409 g/mol. The van der Waals surface area contributed by atoms with Crippen molar-refractivity contribution >= 4 is 33.7 Å². The van der Waals surface area contributed by atoms with Crippen LogP contribution in [0.4, 0.5) is 24.7 Å². The van der Waals surface area contributed by atoms with Crippen LogP contribution in [-0.4, -0.2) is 35.1 Å². The molecule has 0 saturated carbocycles. The van der Waals surface area contributed by atoms with Crippen LogP contribution in [0.2, 0.25) is 0 Å². The Bertz CT molecular complexity index is 1420. The van der Waals surface area contributed by atoms with Gasteiger partial charge in [0.2, 0.25) is 0 Å². The number of rotatable bonds is 3. The number of para-hydroxylation sites is 2. The second-order valence-electron chi connectivity index (χ2n) is 6.45. The molecule has 4 aromatic heterocycles. The van der Waals surface area contributed by atoms with Crippen LogP contribution in [0.25, 0.3) is 33.6 Å². The molecule has 0 spiro atoms. The van der Waals surface area contributed by atoms with Gasteiger partial charge in [-0.3, -0.25) is 4.98 Å². The zero-order valence-corrected chi connectivity index (χ0v) is 15.5. The summed E-state index contributed by atoms with van der Waals surface area (Å²) in [5.41, 5.74) is 1.06. The third kappa shape index (κ3) is 3.56. The lowest BCUT2D eigenvalue weighted by Gasteiger charge is -2.11. The topological polar surface area (TPSA) is 102 Å². The summed E-state index contributed by atoms with van der Waals surface area (Å²) in [6.07, 6.45) is 0.629. The minimum Gasteiger partial charge on any atom is -0.337 e. The number of hydrogen-bond donors (Lipinski definition) is 1. The monoisotopic (exact) mass is 420 g/mol. The van der Waals surface area contributed by atoms with Crippen LogP contribution in [-0.2, 0) is 6.18 Å². The van der Waals surface area contributed by atoms with Crippen molar-refractivity contribution in [2.24, 2.45) is 0 Å². The molecule has 0 amide bonds. The van der Waals surface area contributed by atoms with Crippen LogP contribution < -0.4 is 5.32 Å². The van der Waals surface area contributed by atoms with Gasteiger partial charge in [-0.1, -0.05) is 12.1 Å². The van der Waals surface area contributed by atoms with Crippen LogP contribution in [0.15, 0.2) is 61.2 Å². The van der Waals surface area contributed by atoms with Gasteiger partial charge in [0.05, 0.1) is 40.9 Å². The van der Waals surface area contributed by atoms with Gasteiger partial charge in [-0.15, -0.1) is 5.10 Å². The first-order valence-corrected chi connectivity index (χ1v) is 8.99. The number of hydrogen-bond acceptors (Lipinski definition) is 8. The third-order valence-electron chi connectivity index (χ3n) is 4.43. The maximum absolute atomic E-state index is 13.3. The van der Waals surface area contributed by atoms with Crippen molar-refractivity contribution < 1.29 is 13.2 Å². The van der Waals surface area contributed by atoms with Crippen molar-refractivity contribution in [2.75, 3.05) is 5.32 Å². The SMILES string of the molecule is FC(F)(F)c1ccnnc1-c1cnc2c(Nc3cnc4ccccc4n3)ccnc2n1. The van der Waals surface area contributed by atoms with Crippen molar-refractivity contribution in [3.63, 3.8) is 0 Å². The first-order chi connectivity index (χ1) is 15.0. The van der Waals surface area contributed by atoms with Crippen molar-refractivity contribution in [3.8, 4) is 11.4 Å². The molecule has 1 N–H and O–H groups in total. The van der Waals surface area contributed by atoms with E-state index in [1.54, 1.807) is 12.3 Å². The van der Waals surface area contributed by atoms with Gasteiger partial charge >= 0.3 is 6.18 Å². The molecule has 0 bridgehead atoms. The maximum Gasteiger partial charge on any atom is 0.418 e. The molecule has 0 aliphatic carbocycles. The molecule has 11 heteroatoms. The summed E-state index contributed by atoms with van der Waals surface area (Å²) in [5, 5.41) is 10.3. The third-order valence-corrected chi connectivity index (χ3v) is 4.43. The summed E-state index contributed by atoms with van der Waals surface area (Å²) < 4.78 is 39.9. The molecule has 0 unspecified atom stereocenters. The molecule has 0 radical (unpaired) electrons. The van der Waals surface area contributed by atoms with Gasteiger partial charge in [0.1, 0.15) is 22.7 Å². The molecular formula is C20H11F3N8. The molecule has 0 fully saturated rings. The first-order valence-electron chi connectivity index (χ1n) is 8.99. The normalized spacial score (nSPS) is 11.7. The largest absolute Gasteiger partial charge is 0.418 e. The Hall–Kier alpha value is -4.28. The highest BCUT2D eigenvalue weighted by molar-refractivity contribution is 5.88. The summed E-state index contributed by atoms with van der Waals surface area (Å²) in [4.78, 5) is 21.5. The van der Waals surface area contributed by atoms with Crippen LogP contribution in [0.1, 0.15) is 5.56 Å². The number of pyridine rings is 1. The lowest BCUT2D eigenvalue weighted by molar-refractivity contribution is -0.137. The first kappa shape index (κ1) is 18.7. The number of fused-ring (bicyclic) bond motifs is 2. The van der Waals surface area contributed by atoms with Crippen molar-refractivity contribution in [2.45, 2.75) is 6.18 Å². The second-order valence-corrected chi connectivity index (χ2v) is 6.45. The van der Waals surface area contributed by atoms with Gasteiger partial charge in [0.25, 0.3) is 0 Å². The van der Waals surface area contributed by atoms with Crippen molar-refractivity contribution in [3.05, 3.63) is 66.7 Å². The highest BCUT2D eigenvalue weighted by Gasteiger charge is 2.35. The quantitative estimate of drug-likeness (QED) is 0.464. The van der Waals surface area contributed by atoms with Crippen LogP contribution in [0.5, 0.6) is 0 Å². The smallest absolute Gasteiger partial charge is 0.337 e. The Morgan fingerprint density at radius 2 is 1.65 bits per heavy atom. The lowest BCUT2D eigenvalue weighted by atomic mass is 10.1. The molecule has 4 heterocycles. The highest BCUT2D eigenvalue weighted by Crippen LogP contribution is 2.35. The number of anilines is 2. The van der Waals surface area contributed by atoms with E-state index in [1.165, 1.54) is 12.4 Å². The Morgan fingerprint density at radius 3 is 2.48 bits per heavy atom. The standard InChI is InChI=1S/C20H11F3N8/c21-20(22,23)11-5-8-27-31-17(11)15-9-26-18-14(6-7-24-19(18)30-15)29-16-10-25-12-3-1-2-4-13(12)28-16/h1-10H,(H,24,28,29,30). The van der Waals surface area contributed by atoms with Gasteiger partial charge in [0.15, 0.2) is 5.65 Å². The predicted molar refractivity (Wildman–Crippen MR) is 106 cm³/mol. The van der Waals surface area contributed by atoms with Crippen LogP contribution >= 0.6 is 0 Å². The van der Waals surface area contributed by atoms with E-state index in [2.05, 4.69) is 40.4 Å². The van der Waals surface area contributed by atoms with Gasteiger partial charge in [-0.2, -0.15) is 18.3 Å². The molecule has 1 aromatic carbocycles. The number of benzene rings is 1. The average Bonchev–Trinajstić information content (AvgIpc) is 2.78. The summed E-state index contributed by atoms with van der Waals surface area (Å²) in [6.45, 7) is 0. The molecule has 0 saturated heterocycles. The number of nitrogens with zero attached hydrogens (tertiary/aromatic N) is 7. The minimum atomic E-state index is -4.60. The molecule has 0 aliphatic rings. The molecule has 8 nitrogen and oxygen atoms in total. The van der Waals surface area contributed by atoms with E-state index >= 15 is 0 Å². The molecule has 152 valence electrons. The van der Waals surface area contributed by atoms with Crippen LogP contribution in [0, 0.1) is 0 Å². The summed E-state index contributed by atoms with van der Waals surface area (Å²) >= 11 is 0. The van der Waals surface area contributed by atoms with Gasteiger partial charge in [0, 0.05) is 6.20 Å². The van der Waals surface area contributed by atoms with E-state index in [4.69, 9.17) is 0 Å². The number of aromatic nitrogens is 7. The van der Waals surface area contributed by atoms with E-state index in [1.807, 2.05) is 24.3 Å². The zero-order chi connectivity index (χ0) is 21.4. The zero-order valence-electron chi connectivity index (χ0n) is 15.5. The summed E-state index contributed by atoms with van der Waals surface area (Å²) in [6, 6.07) is 9.92. The molecule has 31 heavy (non-hydrogen) atoms. The summed E-state index contributed by atoms with van der Waals surface area (Å²) in [5.74, 6) is 0.477. The van der Waals surface area contributed by atoms with Crippen molar-refractivity contribution in [1.29, 1.82) is 0 Å². The fraction of sp³-hybridized carbons (Fsp3) is 0.0500. The summed E-state index contributed by atoms with van der Waals surface area (Å²) in [7, 11) is 0. The van der Waals surface area contributed by atoms with E-state index in [9.17, 15) is 13.2 Å². The van der Waals surface area contributed by atoms with E-state index in [0.29, 0.717) is 22.5 Å². The molecule has 5 rings (SSSR count). The number of nitrogens with one attached hydrogen (secondary N) is 1. The van der Waals surface area contributed by atoms with E-state index < -0.39 is 17.4 Å². The van der Waals surface area contributed by atoms with Gasteiger partial charge in [-0.05, 0) is 24.3 Å². The molecule has 5 aromatic rings. The Labute approximate surface area is 172 Å². The highest BCUT2D eigenvalue weighted by atomic mass is 19.4. The van der Waals surface area contributed by atoms with E-state index in [-0.39, 0.29) is 11.3 Å². The minimum absolute atomic E-state index is 0.0805. The molecule has 0 atom stereocenters. The van der Waals surface area contributed by atoms with Crippen LogP contribution in [0.3, 0.4) is 0 Å². The fourth-order valence-corrected chi connectivity index (χ4v) is 3.04. The van der Waals surface area contributed by atoms with Crippen molar-refractivity contribution in [1.82, 2.24) is 35.1 Å². The predicted octanol–water partition coefficient (Wildman–Crippen LogP) is 4.19. The van der Waals surface area contributed by atoms with Gasteiger partial charge in [-0.25, -0.2) is 19.9 Å². The Kier molecular flexibility index (Phi) is 4.35. The molecule has 0 aliphatic heterocycles. The number of alkyl halides is 3. The average molecular weight is 420 g/mol. The van der Waals surface area contributed by atoms with Gasteiger partial charge < -0.3 is 5.32 Å². The lowest BCUT2D eigenvalue weighted by Crippen LogP contribution is -2.10.